The van der Waals surface area contributed by atoms with E-state index in [2.05, 4.69) is 20.4 Å². The van der Waals surface area contributed by atoms with Gasteiger partial charge in [0.25, 0.3) is 0 Å². The molecule has 32 heavy (non-hydrogen) atoms. The average molecular weight is 457 g/mol. The second-order valence-corrected chi connectivity index (χ2v) is 8.07. The molecular formula is C23H25ClN4O4. The zero-order valence-corrected chi connectivity index (χ0v) is 18.8. The van der Waals surface area contributed by atoms with Gasteiger partial charge in [-0.25, -0.2) is 0 Å². The second-order valence-electron chi connectivity index (χ2n) is 7.63. The molecule has 0 unspecified atom stereocenters. The van der Waals surface area contributed by atoms with Crippen LogP contribution >= 0.6 is 11.6 Å². The smallest absolute Gasteiger partial charge is 0.241 e. The van der Waals surface area contributed by atoms with Gasteiger partial charge in [-0.1, -0.05) is 28.9 Å². The molecular weight excluding hydrogens is 432 g/mol. The standard InChI is InChI=1S/C23H25ClN4O4/c1-30-19-7-6-18(13-20(19)31-2)25-23(29)15-8-10-28(11-9-15)14-21-26-22(27-32-21)16-4-3-5-17(24)12-16/h3-7,12-13,15H,8-11,14H2,1-2H3,(H,25,29). The quantitative estimate of drug-likeness (QED) is 0.568. The molecule has 1 N–H and O–H groups in total. The van der Waals surface area contributed by atoms with E-state index < -0.39 is 0 Å². The van der Waals surface area contributed by atoms with Crippen molar-refractivity contribution in [2.45, 2.75) is 19.4 Å². The number of anilines is 1. The molecule has 1 fully saturated rings. The highest BCUT2D eigenvalue weighted by atomic mass is 35.5. The predicted molar refractivity (Wildman–Crippen MR) is 121 cm³/mol. The number of aromatic nitrogens is 2. The zero-order chi connectivity index (χ0) is 22.5. The summed E-state index contributed by atoms with van der Waals surface area (Å²) < 4.78 is 15.9. The van der Waals surface area contributed by atoms with Crippen molar-refractivity contribution in [3.05, 3.63) is 53.4 Å². The number of nitrogens with one attached hydrogen (secondary N) is 1. The average Bonchev–Trinajstić information content (AvgIpc) is 3.28. The number of likely N-dealkylation sites (tertiary alicyclic amines) is 1. The second kappa shape index (κ2) is 10.0. The Hall–Kier alpha value is -3.10. The number of hydrogen-bond acceptors (Lipinski definition) is 7. The summed E-state index contributed by atoms with van der Waals surface area (Å²) in [5, 5.41) is 7.67. The molecule has 1 aliphatic rings. The van der Waals surface area contributed by atoms with E-state index in [1.165, 1.54) is 0 Å². The molecule has 2 aromatic carbocycles. The van der Waals surface area contributed by atoms with Crippen LogP contribution in [-0.4, -0.2) is 48.3 Å². The fraction of sp³-hybridized carbons (Fsp3) is 0.348. The Labute approximate surface area is 191 Å². The Morgan fingerprint density at radius 2 is 1.94 bits per heavy atom. The summed E-state index contributed by atoms with van der Waals surface area (Å²) in [5.74, 6) is 2.23. The van der Waals surface area contributed by atoms with E-state index in [0.29, 0.717) is 40.5 Å². The van der Waals surface area contributed by atoms with Gasteiger partial charge in [0, 0.05) is 28.3 Å². The Balaban J connectivity index is 1.29. The highest BCUT2D eigenvalue weighted by Gasteiger charge is 2.26. The summed E-state index contributed by atoms with van der Waals surface area (Å²) in [4.78, 5) is 19.4. The van der Waals surface area contributed by atoms with Crippen LogP contribution in [0.4, 0.5) is 5.69 Å². The number of carbonyl (C=O) groups excluding carboxylic acids is 1. The topological polar surface area (TPSA) is 89.7 Å². The van der Waals surface area contributed by atoms with Crippen LogP contribution in [0.2, 0.25) is 5.02 Å². The molecule has 0 spiro atoms. The largest absolute Gasteiger partial charge is 0.493 e. The fourth-order valence-electron chi connectivity index (χ4n) is 3.77. The fourth-order valence-corrected chi connectivity index (χ4v) is 3.96. The first kappa shape index (κ1) is 22.1. The van der Waals surface area contributed by atoms with Crippen LogP contribution in [0.25, 0.3) is 11.4 Å². The van der Waals surface area contributed by atoms with Gasteiger partial charge >= 0.3 is 0 Å². The number of piperidine rings is 1. The Kier molecular flexibility index (Phi) is 6.92. The third-order valence-electron chi connectivity index (χ3n) is 5.52. The monoisotopic (exact) mass is 456 g/mol. The lowest BCUT2D eigenvalue weighted by molar-refractivity contribution is -0.121. The number of carbonyl (C=O) groups is 1. The van der Waals surface area contributed by atoms with Crippen molar-refractivity contribution < 1.29 is 18.8 Å². The number of hydrogen-bond donors (Lipinski definition) is 1. The van der Waals surface area contributed by atoms with Gasteiger partial charge in [0.05, 0.1) is 20.8 Å². The SMILES string of the molecule is COc1ccc(NC(=O)C2CCN(Cc3nc(-c4cccc(Cl)c4)no3)CC2)cc1OC. The molecule has 0 aliphatic carbocycles. The van der Waals surface area contributed by atoms with Gasteiger partial charge in [0.1, 0.15) is 0 Å². The molecule has 1 amide bonds. The van der Waals surface area contributed by atoms with Crippen LogP contribution in [0.3, 0.4) is 0 Å². The third-order valence-corrected chi connectivity index (χ3v) is 5.75. The number of ether oxygens (including phenoxy) is 2. The van der Waals surface area contributed by atoms with E-state index in [9.17, 15) is 4.79 Å². The van der Waals surface area contributed by atoms with E-state index in [1.54, 1.807) is 38.5 Å². The number of halogens is 1. The molecule has 3 aromatic rings. The minimum atomic E-state index is -0.0518. The molecule has 2 heterocycles. The number of nitrogens with zero attached hydrogens (tertiary/aromatic N) is 3. The molecule has 0 saturated carbocycles. The lowest BCUT2D eigenvalue weighted by Gasteiger charge is -2.30. The van der Waals surface area contributed by atoms with Crippen LogP contribution in [0.1, 0.15) is 18.7 Å². The van der Waals surface area contributed by atoms with Gasteiger partial charge in [-0.15, -0.1) is 0 Å². The highest BCUT2D eigenvalue weighted by Crippen LogP contribution is 2.30. The van der Waals surface area contributed by atoms with Gasteiger partial charge < -0.3 is 19.3 Å². The van der Waals surface area contributed by atoms with Crippen molar-refractivity contribution in [1.29, 1.82) is 0 Å². The van der Waals surface area contributed by atoms with Crippen molar-refractivity contribution in [2.24, 2.45) is 5.92 Å². The Morgan fingerprint density at radius 3 is 2.66 bits per heavy atom. The number of rotatable bonds is 7. The molecule has 1 saturated heterocycles. The first-order valence-electron chi connectivity index (χ1n) is 10.4. The lowest BCUT2D eigenvalue weighted by Crippen LogP contribution is -2.37. The van der Waals surface area contributed by atoms with Crippen LogP contribution in [0, 0.1) is 5.92 Å². The van der Waals surface area contributed by atoms with Crippen molar-refractivity contribution in [3.63, 3.8) is 0 Å². The van der Waals surface area contributed by atoms with Crippen molar-refractivity contribution in [3.8, 4) is 22.9 Å². The molecule has 0 atom stereocenters. The number of methoxy groups -OCH3 is 2. The van der Waals surface area contributed by atoms with Crippen LogP contribution in [0.5, 0.6) is 11.5 Å². The molecule has 9 heteroatoms. The van der Waals surface area contributed by atoms with E-state index in [1.807, 2.05) is 18.2 Å². The molecule has 0 bridgehead atoms. The molecule has 4 rings (SSSR count). The van der Waals surface area contributed by atoms with Crippen molar-refractivity contribution in [2.75, 3.05) is 32.6 Å². The van der Waals surface area contributed by atoms with Crippen LogP contribution < -0.4 is 14.8 Å². The number of amides is 1. The van der Waals surface area contributed by atoms with Crippen LogP contribution in [0.15, 0.2) is 47.0 Å². The molecule has 8 nitrogen and oxygen atoms in total. The van der Waals surface area contributed by atoms with Gasteiger partial charge in [-0.3, -0.25) is 9.69 Å². The van der Waals surface area contributed by atoms with Crippen molar-refractivity contribution >= 4 is 23.2 Å². The summed E-state index contributed by atoms with van der Waals surface area (Å²) in [6.45, 7) is 2.11. The summed E-state index contributed by atoms with van der Waals surface area (Å²) in [6, 6.07) is 12.7. The van der Waals surface area contributed by atoms with Gasteiger partial charge in [0.2, 0.25) is 17.6 Å². The van der Waals surface area contributed by atoms with Gasteiger partial charge in [0.15, 0.2) is 11.5 Å². The maximum Gasteiger partial charge on any atom is 0.241 e. The van der Waals surface area contributed by atoms with E-state index in [0.717, 1.165) is 31.5 Å². The first-order valence-corrected chi connectivity index (χ1v) is 10.8. The molecule has 168 valence electrons. The van der Waals surface area contributed by atoms with Crippen molar-refractivity contribution in [1.82, 2.24) is 15.0 Å². The summed E-state index contributed by atoms with van der Waals surface area (Å²) in [5.41, 5.74) is 1.51. The maximum absolute atomic E-state index is 12.7. The summed E-state index contributed by atoms with van der Waals surface area (Å²) in [7, 11) is 3.15. The predicted octanol–water partition coefficient (Wildman–Crippen LogP) is 4.26. The Morgan fingerprint density at radius 1 is 1.16 bits per heavy atom. The maximum atomic E-state index is 12.7. The Bertz CT molecular complexity index is 1080. The van der Waals surface area contributed by atoms with Gasteiger partial charge in [-0.2, -0.15) is 4.98 Å². The summed E-state index contributed by atoms with van der Waals surface area (Å²) >= 11 is 6.04. The van der Waals surface area contributed by atoms with Crippen LogP contribution in [-0.2, 0) is 11.3 Å². The minimum Gasteiger partial charge on any atom is -0.493 e. The van der Waals surface area contributed by atoms with E-state index in [-0.39, 0.29) is 11.8 Å². The molecule has 0 radical (unpaired) electrons. The van der Waals surface area contributed by atoms with E-state index in [4.69, 9.17) is 25.6 Å². The van der Waals surface area contributed by atoms with Gasteiger partial charge in [-0.05, 0) is 50.2 Å². The van der Waals surface area contributed by atoms with E-state index >= 15 is 0 Å². The lowest BCUT2D eigenvalue weighted by atomic mass is 9.96. The first-order chi connectivity index (χ1) is 15.6. The highest BCUT2D eigenvalue weighted by molar-refractivity contribution is 6.30. The third kappa shape index (κ3) is 5.20. The molecule has 1 aliphatic heterocycles. The number of benzene rings is 2. The zero-order valence-electron chi connectivity index (χ0n) is 18.0. The normalized spacial score (nSPS) is 14.8. The minimum absolute atomic E-state index is 0.0119. The summed E-state index contributed by atoms with van der Waals surface area (Å²) in [6.07, 6.45) is 1.52. The molecule has 1 aromatic heterocycles.